The molecule has 46 heavy (non-hydrogen) atoms. The standard InChI is InChI=1S/C42H46N4/c1-7-11-17-31-25(5)35-21-41-33-19-27-15-13-14-16-28(27)20-34(33)42(46-41)22-36-26(6)32(18-12-8-2)40(44-36)24-38-30(10-4)29(9-3)37(45-38)23-39(31)43-35/h13-16,19-24,43,45H,7-12,17-18H2,1-6H3. The van der Waals surface area contributed by atoms with Crippen molar-refractivity contribution in [3.8, 4) is 22.5 Å². The number of benzene rings is 2. The zero-order valence-corrected chi connectivity index (χ0v) is 28.3. The van der Waals surface area contributed by atoms with Gasteiger partial charge in [-0.25, -0.2) is 9.97 Å². The molecule has 0 unspecified atom stereocenters. The highest BCUT2D eigenvalue weighted by Crippen LogP contribution is 2.41. The van der Waals surface area contributed by atoms with Crippen molar-refractivity contribution in [3.05, 3.63) is 94.3 Å². The first-order valence-electron chi connectivity index (χ1n) is 17.4. The van der Waals surface area contributed by atoms with E-state index in [2.05, 4.69) is 112 Å². The van der Waals surface area contributed by atoms with E-state index in [0.29, 0.717) is 0 Å². The van der Waals surface area contributed by atoms with Gasteiger partial charge in [0.1, 0.15) is 0 Å². The van der Waals surface area contributed by atoms with Gasteiger partial charge in [-0.15, -0.1) is 0 Å². The molecule has 0 saturated heterocycles. The molecular formula is C42H46N4. The normalized spacial score (nSPS) is 12.7. The molecule has 0 aliphatic carbocycles. The van der Waals surface area contributed by atoms with Gasteiger partial charge in [0.25, 0.3) is 0 Å². The second-order valence-corrected chi connectivity index (χ2v) is 13.1. The van der Waals surface area contributed by atoms with Crippen LogP contribution in [0.4, 0.5) is 0 Å². The van der Waals surface area contributed by atoms with Crippen molar-refractivity contribution in [2.75, 3.05) is 0 Å². The highest BCUT2D eigenvalue weighted by atomic mass is 14.8. The van der Waals surface area contributed by atoms with Crippen LogP contribution < -0.4 is 0 Å². The van der Waals surface area contributed by atoms with E-state index in [9.17, 15) is 0 Å². The average Bonchev–Trinajstić information content (AvgIpc) is 3.75. The predicted molar refractivity (Wildman–Crippen MR) is 197 cm³/mol. The fourth-order valence-corrected chi connectivity index (χ4v) is 7.54. The summed E-state index contributed by atoms with van der Waals surface area (Å²) >= 11 is 0. The van der Waals surface area contributed by atoms with E-state index in [1.54, 1.807) is 0 Å². The minimum Gasteiger partial charge on any atom is -0.355 e. The van der Waals surface area contributed by atoms with Crippen LogP contribution in [0.2, 0.25) is 0 Å². The first-order valence-corrected chi connectivity index (χ1v) is 17.4. The molecule has 4 nitrogen and oxygen atoms in total. The number of rotatable bonds is 8. The molecule has 0 fully saturated rings. The Kier molecular flexibility index (Phi) is 8.15. The van der Waals surface area contributed by atoms with Gasteiger partial charge >= 0.3 is 0 Å². The van der Waals surface area contributed by atoms with Crippen molar-refractivity contribution in [2.45, 2.75) is 92.9 Å². The number of fused-ring (bicyclic) bond motifs is 12. The molecule has 2 N–H and O–H groups in total. The number of hydrogen-bond donors (Lipinski definition) is 2. The molecule has 8 bridgehead atoms. The molecular weight excluding hydrogens is 560 g/mol. The predicted octanol–water partition coefficient (Wildman–Crippen LogP) is 11.7. The molecule has 234 valence electrons. The van der Waals surface area contributed by atoms with E-state index >= 15 is 0 Å². The maximum Gasteiger partial charge on any atom is 0.0738 e. The molecule has 2 aromatic carbocycles. The Bertz CT molecular complexity index is 2170. The number of hydrogen-bond acceptors (Lipinski definition) is 2. The second-order valence-electron chi connectivity index (χ2n) is 13.1. The molecule has 0 atom stereocenters. The van der Waals surface area contributed by atoms with Gasteiger partial charge in [0.2, 0.25) is 0 Å². The number of H-pyrrole nitrogens is 2. The first-order chi connectivity index (χ1) is 22.4. The number of nitrogens with one attached hydrogen (secondary N) is 2. The van der Waals surface area contributed by atoms with Gasteiger partial charge in [-0.05, 0) is 133 Å². The highest BCUT2D eigenvalue weighted by Gasteiger charge is 2.22. The van der Waals surface area contributed by atoms with Crippen molar-refractivity contribution < 1.29 is 0 Å². The lowest BCUT2D eigenvalue weighted by atomic mass is 9.97. The minimum absolute atomic E-state index is 0.980. The Morgan fingerprint density at radius 3 is 1.74 bits per heavy atom. The van der Waals surface area contributed by atoms with Crippen molar-refractivity contribution >= 4 is 44.0 Å². The van der Waals surface area contributed by atoms with E-state index in [0.717, 1.165) is 73.2 Å². The first kappa shape index (κ1) is 30.2. The smallest absolute Gasteiger partial charge is 0.0738 e. The van der Waals surface area contributed by atoms with Crippen LogP contribution in [-0.4, -0.2) is 19.9 Å². The Morgan fingerprint density at radius 2 is 1.09 bits per heavy atom. The number of nitrogens with zero attached hydrogens (tertiary/aromatic N) is 2. The van der Waals surface area contributed by atoms with Gasteiger partial charge in [0, 0.05) is 33.2 Å². The SMILES string of the molecule is CCCCC1=C(C)c2cc3nc(cc4[nH]c(cc5[nH]c(cc1n2)c(CC)c5CC)c(CCCC)c4C)-c1cc2ccccc2cc1-3. The van der Waals surface area contributed by atoms with Crippen LogP contribution in [0.5, 0.6) is 0 Å². The third-order valence-electron chi connectivity index (χ3n) is 10.2. The Balaban J connectivity index is 1.63. The lowest BCUT2D eigenvalue weighted by Gasteiger charge is -2.04. The monoisotopic (exact) mass is 606 g/mol. The third-order valence-corrected chi connectivity index (χ3v) is 10.2. The molecule has 2 aliphatic heterocycles. The zero-order valence-electron chi connectivity index (χ0n) is 28.3. The quantitative estimate of drug-likeness (QED) is 0.181. The lowest BCUT2D eigenvalue weighted by molar-refractivity contribution is 0.797. The fraction of sp³-hybridized carbons (Fsp3) is 0.333. The van der Waals surface area contributed by atoms with E-state index in [1.807, 2.05) is 0 Å². The second kappa shape index (κ2) is 12.4. The zero-order chi connectivity index (χ0) is 31.9. The molecule has 3 aromatic heterocycles. The van der Waals surface area contributed by atoms with Gasteiger partial charge < -0.3 is 9.97 Å². The summed E-state index contributed by atoms with van der Waals surface area (Å²) in [5.74, 6) is 0. The van der Waals surface area contributed by atoms with Gasteiger partial charge in [-0.1, -0.05) is 64.8 Å². The summed E-state index contributed by atoms with van der Waals surface area (Å²) in [6, 6.07) is 22.5. The van der Waals surface area contributed by atoms with Crippen LogP contribution in [0.1, 0.15) is 100 Å². The number of allylic oxidation sites excluding steroid dienone is 2. The molecule has 7 rings (SSSR count). The van der Waals surface area contributed by atoms with E-state index in [4.69, 9.17) is 9.97 Å². The van der Waals surface area contributed by atoms with Crippen molar-refractivity contribution in [1.29, 1.82) is 0 Å². The summed E-state index contributed by atoms with van der Waals surface area (Å²) in [5.41, 5.74) is 19.4. The summed E-state index contributed by atoms with van der Waals surface area (Å²) < 4.78 is 0. The van der Waals surface area contributed by atoms with Crippen LogP contribution in [-0.2, 0) is 19.3 Å². The van der Waals surface area contributed by atoms with Crippen LogP contribution in [0.3, 0.4) is 0 Å². The van der Waals surface area contributed by atoms with Gasteiger partial charge in [-0.3, -0.25) is 0 Å². The van der Waals surface area contributed by atoms with E-state index < -0.39 is 0 Å². The largest absolute Gasteiger partial charge is 0.355 e. The Hall–Kier alpha value is -4.44. The number of aromatic nitrogens is 4. The summed E-state index contributed by atoms with van der Waals surface area (Å²) in [6.07, 6.45) is 8.68. The Labute approximate surface area is 273 Å². The third kappa shape index (κ3) is 5.18. The van der Waals surface area contributed by atoms with Gasteiger partial charge in [0.15, 0.2) is 0 Å². The van der Waals surface area contributed by atoms with Crippen LogP contribution in [0, 0.1) is 6.92 Å². The maximum atomic E-state index is 5.34. The molecule has 2 aliphatic rings. The van der Waals surface area contributed by atoms with E-state index in [1.165, 1.54) is 78.3 Å². The maximum absolute atomic E-state index is 5.34. The summed E-state index contributed by atoms with van der Waals surface area (Å²) in [6.45, 7) is 13.6. The number of unbranched alkanes of at least 4 members (excludes halogenated alkanes) is 2. The molecule has 5 aromatic rings. The van der Waals surface area contributed by atoms with Crippen LogP contribution in [0.15, 0.2) is 60.7 Å². The summed E-state index contributed by atoms with van der Waals surface area (Å²) in [7, 11) is 0. The Morgan fingerprint density at radius 1 is 0.543 bits per heavy atom. The highest BCUT2D eigenvalue weighted by molar-refractivity contribution is 5.99. The lowest BCUT2D eigenvalue weighted by Crippen LogP contribution is -1.87. The minimum atomic E-state index is 0.980. The van der Waals surface area contributed by atoms with Crippen molar-refractivity contribution in [1.82, 2.24) is 19.9 Å². The number of aromatic amines is 2. The summed E-state index contributed by atoms with van der Waals surface area (Å²) in [4.78, 5) is 18.4. The van der Waals surface area contributed by atoms with Gasteiger partial charge in [-0.2, -0.15) is 0 Å². The van der Waals surface area contributed by atoms with Crippen LogP contribution in [0.25, 0.3) is 66.5 Å². The molecule has 0 amide bonds. The van der Waals surface area contributed by atoms with Crippen molar-refractivity contribution in [3.63, 3.8) is 0 Å². The van der Waals surface area contributed by atoms with Crippen molar-refractivity contribution in [2.24, 2.45) is 0 Å². The fourth-order valence-electron chi connectivity index (χ4n) is 7.54. The number of aryl methyl sites for hydroxylation is 4. The van der Waals surface area contributed by atoms with E-state index in [-0.39, 0.29) is 0 Å². The molecule has 4 heteroatoms. The van der Waals surface area contributed by atoms with Gasteiger partial charge in [0.05, 0.1) is 22.8 Å². The topological polar surface area (TPSA) is 57.4 Å². The average molecular weight is 607 g/mol. The molecule has 0 radical (unpaired) electrons. The summed E-state index contributed by atoms with van der Waals surface area (Å²) in [5, 5.41) is 2.47. The molecule has 0 spiro atoms. The molecule has 5 heterocycles. The van der Waals surface area contributed by atoms with Crippen LogP contribution >= 0.6 is 0 Å². The molecule has 0 saturated carbocycles.